The van der Waals surface area contributed by atoms with Crippen molar-refractivity contribution in [3.63, 3.8) is 0 Å². The van der Waals surface area contributed by atoms with E-state index in [2.05, 4.69) is 0 Å². The molecule has 166 valence electrons. The lowest BCUT2D eigenvalue weighted by molar-refractivity contribution is -0.139. The van der Waals surface area contributed by atoms with Crippen LogP contribution in [0, 0.1) is 7.14 Å². The maximum Gasteiger partial charge on any atom is 0.516 e. The fourth-order valence-electron chi connectivity index (χ4n) is 2.70. The number of aliphatic carboxylic acids is 1. The molecule has 0 aliphatic carbocycles. The van der Waals surface area contributed by atoms with Gasteiger partial charge in [-0.05, 0) is 81.1 Å². The number of furan rings is 1. The number of halogens is 5. The van der Waals surface area contributed by atoms with Crippen LogP contribution in [0.3, 0.4) is 0 Å². The Balaban J connectivity index is 1.89. The molecule has 0 bridgehead atoms. The van der Waals surface area contributed by atoms with Crippen molar-refractivity contribution in [1.82, 2.24) is 0 Å². The van der Waals surface area contributed by atoms with E-state index in [1.807, 2.05) is 45.2 Å². The zero-order chi connectivity index (χ0) is 23.0. The average molecular weight is 681 g/mol. The molecule has 0 aliphatic rings. The molecule has 3 aromatic rings. The molecule has 2 N–H and O–H groups in total. The van der Waals surface area contributed by atoms with Gasteiger partial charge in [0, 0.05) is 23.1 Å². The number of sulfonamides is 1. The second kappa shape index (κ2) is 9.01. The number of benzene rings is 2. The number of carboxylic acids is 1. The highest BCUT2D eigenvalue weighted by Gasteiger charge is 2.46. The lowest BCUT2D eigenvalue weighted by Crippen LogP contribution is -2.29. The largest absolute Gasteiger partial charge is 0.516 e. The monoisotopic (exact) mass is 681 g/mol. The van der Waals surface area contributed by atoms with Crippen LogP contribution in [-0.4, -0.2) is 31.6 Å². The van der Waals surface area contributed by atoms with E-state index in [4.69, 9.17) is 14.3 Å². The summed E-state index contributed by atoms with van der Waals surface area (Å²) in [5.41, 5.74) is -3.84. The number of nitrogens with one attached hydrogen (secondary N) is 1. The van der Waals surface area contributed by atoms with Gasteiger partial charge in [0.25, 0.3) is 0 Å². The number of ether oxygens (including phenoxy) is 1. The van der Waals surface area contributed by atoms with Crippen LogP contribution in [0.4, 0.5) is 18.9 Å². The molecule has 31 heavy (non-hydrogen) atoms. The maximum atomic E-state index is 12.6. The summed E-state index contributed by atoms with van der Waals surface area (Å²) in [7, 11) is -5.54. The zero-order valence-electron chi connectivity index (χ0n) is 15.2. The average Bonchev–Trinajstić information content (AvgIpc) is 3.01. The highest BCUT2D eigenvalue weighted by molar-refractivity contribution is 14.1. The van der Waals surface area contributed by atoms with Gasteiger partial charge in [0.15, 0.2) is 6.61 Å². The number of carboxylic acid groups (broad SMARTS) is 1. The normalized spacial score (nSPS) is 12.2. The fraction of sp³-hybridized carbons (Fsp3) is 0.167. The highest BCUT2D eigenvalue weighted by atomic mass is 127. The maximum absolute atomic E-state index is 12.6. The molecule has 0 radical (unpaired) electrons. The van der Waals surface area contributed by atoms with Crippen LogP contribution >= 0.6 is 45.2 Å². The molecule has 0 saturated carbocycles. The Labute approximate surface area is 201 Å². The van der Waals surface area contributed by atoms with Gasteiger partial charge in [-0.3, -0.25) is 4.72 Å². The first-order chi connectivity index (χ1) is 14.4. The SMILES string of the molecule is O=C(O)COc1c(I)cc(Cc2coc3ccc(NS(=O)(=O)C(F)(F)F)cc23)cc1I. The molecule has 0 amide bonds. The van der Waals surface area contributed by atoms with Gasteiger partial charge in [-0.15, -0.1) is 0 Å². The predicted molar refractivity (Wildman–Crippen MR) is 123 cm³/mol. The van der Waals surface area contributed by atoms with Crippen LogP contribution in [-0.2, 0) is 21.2 Å². The second-order valence-corrected chi connectivity index (χ2v) is 10.3. The zero-order valence-corrected chi connectivity index (χ0v) is 20.3. The standard InChI is InChI=1S/C18H12F3I2NO6S/c19-18(20,21)31(27,28)24-11-1-2-15-12(6-11)10(7-29-15)3-9-4-13(22)17(14(23)5-9)30-8-16(25)26/h1-2,4-7,24H,3,8H2,(H,25,26). The Hall–Kier alpha value is -1.75. The summed E-state index contributed by atoms with van der Waals surface area (Å²) in [6, 6.07) is 7.41. The summed E-state index contributed by atoms with van der Waals surface area (Å²) in [4.78, 5) is 10.7. The summed E-state index contributed by atoms with van der Waals surface area (Å²) >= 11 is 4.03. The molecule has 13 heteroatoms. The Morgan fingerprint density at radius 2 is 1.81 bits per heavy atom. The first-order valence-corrected chi connectivity index (χ1v) is 11.9. The molecule has 0 spiro atoms. The van der Waals surface area contributed by atoms with Crippen molar-refractivity contribution in [2.24, 2.45) is 0 Å². The van der Waals surface area contributed by atoms with Gasteiger partial charge >= 0.3 is 21.5 Å². The molecule has 0 unspecified atom stereocenters. The number of rotatable bonds is 7. The smallest absolute Gasteiger partial charge is 0.480 e. The number of anilines is 1. The number of hydrogen-bond donors (Lipinski definition) is 2. The molecular weight excluding hydrogens is 669 g/mol. The highest BCUT2D eigenvalue weighted by Crippen LogP contribution is 2.33. The summed E-state index contributed by atoms with van der Waals surface area (Å²) in [5, 5.41) is 9.23. The lowest BCUT2D eigenvalue weighted by Gasteiger charge is -2.11. The number of hydrogen-bond acceptors (Lipinski definition) is 5. The third kappa shape index (κ3) is 5.54. The first-order valence-electron chi connectivity index (χ1n) is 8.29. The number of alkyl halides is 3. The van der Waals surface area contributed by atoms with Crippen molar-refractivity contribution in [3.8, 4) is 5.75 Å². The molecule has 3 rings (SSSR count). The van der Waals surface area contributed by atoms with Crippen molar-refractivity contribution >= 4 is 77.8 Å². The number of fused-ring (bicyclic) bond motifs is 1. The van der Waals surface area contributed by atoms with Crippen LogP contribution in [0.15, 0.2) is 41.0 Å². The van der Waals surface area contributed by atoms with E-state index in [0.29, 0.717) is 35.8 Å². The molecule has 7 nitrogen and oxygen atoms in total. The number of carbonyl (C=O) groups is 1. The van der Waals surface area contributed by atoms with Gasteiger partial charge in [-0.2, -0.15) is 21.6 Å². The van der Waals surface area contributed by atoms with Crippen LogP contribution in [0.5, 0.6) is 5.75 Å². The van der Waals surface area contributed by atoms with Gasteiger partial charge in [0.05, 0.1) is 13.4 Å². The molecule has 0 fully saturated rings. The van der Waals surface area contributed by atoms with E-state index in [0.717, 1.165) is 5.56 Å². The quantitative estimate of drug-likeness (QED) is 0.342. The molecular formula is C18H12F3I2NO6S. The van der Waals surface area contributed by atoms with Crippen LogP contribution in [0.2, 0.25) is 0 Å². The molecule has 0 atom stereocenters. The van der Waals surface area contributed by atoms with E-state index in [-0.39, 0.29) is 5.69 Å². The van der Waals surface area contributed by atoms with E-state index < -0.39 is 28.1 Å². The summed E-state index contributed by atoms with van der Waals surface area (Å²) < 4.78 is 74.2. The third-order valence-corrected chi connectivity index (χ3v) is 6.72. The van der Waals surface area contributed by atoms with Gasteiger partial charge < -0.3 is 14.3 Å². The Morgan fingerprint density at radius 3 is 2.39 bits per heavy atom. The van der Waals surface area contributed by atoms with E-state index >= 15 is 0 Å². The van der Waals surface area contributed by atoms with Crippen LogP contribution < -0.4 is 9.46 Å². The van der Waals surface area contributed by atoms with Gasteiger partial charge in [0.1, 0.15) is 11.3 Å². The molecule has 0 saturated heterocycles. The van der Waals surface area contributed by atoms with Crippen LogP contribution in [0.1, 0.15) is 11.1 Å². The Morgan fingerprint density at radius 1 is 1.16 bits per heavy atom. The van der Waals surface area contributed by atoms with Gasteiger partial charge in [-0.1, -0.05) is 0 Å². The molecule has 2 aromatic carbocycles. The van der Waals surface area contributed by atoms with Gasteiger partial charge in [0.2, 0.25) is 0 Å². The van der Waals surface area contributed by atoms with E-state index in [9.17, 15) is 26.4 Å². The second-order valence-electron chi connectivity index (χ2n) is 6.27. The molecule has 1 heterocycles. The Kier molecular flexibility index (Phi) is 6.95. The topological polar surface area (TPSA) is 106 Å². The molecule has 1 aromatic heterocycles. The minimum Gasteiger partial charge on any atom is -0.480 e. The van der Waals surface area contributed by atoms with Crippen LogP contribution in [0.25, 0.3) is 11.0 Å². The fourth-order valence-corrected chi connectivity index (χ4v) is 5.46. The minimum atomic E-state index is -5.54. The lowest BCUT2D eigenvalue weighted by atomic mass is 10.0. The summed E-state index contributed by atoms with van der Waals surface area (Å²) in [6.45, 7) is -0.478. The van der Waals surface area contributed by atoms with Crippen molar-refractivity contribution in [2.45, 2.75) is 11.9 Å². The van der Waals surface area contributed by atoms with Crippen molar-refractivity contribution in [1.29, 1.82) is 0 Å². The van der Waals surface area contributed by atoms with Crippen molar-refractivity contribution in [2.75, 3.05) is 11.3 Å². The third-order valence-electron chi connectivity index (χ3n) is 4.00. The van der Waals surface area contributed by atoms with E-state index in [1.165, 1.54) is 29.2 Å². The van der Waals surface area contributed by atoms with Crippen molar-refractivity contribution < 1.29 is 40.6 Å². The minimum absolute atomic E-state index is 0.242. The van der Waals surface area contributed by atoms with E-state index in [1.54, 1.807) is 12.1 Å². The van der Waals surface area contributed by atoms with Crippen molar-refractivity contribution in [3.05, 3.63) is 54.9 Å². The van der Waals surface area contributed by atoms with Gasteiger partial charge in [-0.25, -0.2) is 4.79 Å². The summed E-state index contributed by atoms with van der Waals surface area (Å²) in [6.07, 6.45) is 1.79. The molecule has 0 aliphatic heterocycles. The first kappa shape index (κ1) is 23.9. The predicted octanol–water partition coefficient (Wildman–Crippen LogP) is 4.96. The summed E-state index contributed by atoms with van der Waals surface area (Å²) in [5.74, 6) is -0.661. The Bertz CT molecular complexity index is 1230.